The Balaban J connectivity index is 2.26. The number of benzene rings is 1. The molecule has 2 rings (SSSR count). The van der Waals surface area contributed by atoms with Crippen LogP contribution in [0.4, 0.5) is 83.4 Å². The van der Waals surface area contributed by atoms with Crippen LogP contribution in [0.2, 0.25) is 0 Å². The highest BCUT2D eigenvalue weighted by molar-refractivity contribution is 5.94. The molecular formula is C25H22F19N3O2. The minimum Gasteiger partial charge on any atom is -0.350 e. The summed E-state index contributed by atoms with van der Waals surface area (Å²) in [6.07, 6.45) is -6.33. The number of rotatable bonds is 14. The van der Waals surface area contributed by atoms with Crippen molar-refractivity contribution in [1.29, 1.82) is 0 Å². The van der Waals surface area contributed by atoms with Crippen molar-refractivity contribution in [2.75, 3.05) is 19.6 Å². The molecule has 1 heterocycles. The van der Waals surface area contributed by atoms with E-state index >= 15 is 0 Å². The molecule has 1 unspecified atom stereocenters. The van der Waals surface area contributed by atoms with Gasteiger partial charge in [0.2, 0.25) is 0 Å². The molecule has 5 nitrogen and oxygen atoms in total. The zero-order chi connectivity index (χ0) is 38.4. The van der Waals surface area contributed by atoms with Crippen LogP contribution >= 0.6 is 0 Å². The second kappa shape index (κ2) is 13.2. The molecule has 49 heavy (non-hydrogen) atoms. The van der Waals surface area contributed by atoms with Gasteiger partial charge in [-0.2, -0.15) is 83.4 Å². The van der Waals surface area contributed by atoms with Crippen LogP contribution in [-0.4, -0.2) is 95.9 Å². The Bertz CT molecular complexity index is 1350. The number of hydrogen-bond donors (Lipinski definition) is 2. The van der Waals surface area contributed by atoms with E-state index in [9.17, 15) is 93.0 Å². The number of likely N-dealkylation sites (N-methyl/N-ethyl adjacent to an activating group) is 1. The highest BCUT2D eigenvalue weighted by Gasteiger charge is 2.97. The lowest BCUT2D eigenvalue weighted by atomic mass is 9.87. The topological polar surface area (TPSA) is 61.4 Å². The van der Waals surface area contributed by atoms with Crippen molar-refractivity contribution in [2.24, 2.45) is 0 Å². The molecule has 0 aromatic heterocycles. The van der Waals surface area contributed by atoms with Gasteiger partial charge >= 0.3 is 53.6 Å². The maximum atomic E-state index is 14.1. The fourth-order valence-electron chi connectivity index (χ4n) is 4.43. The summed E-state index contributed by atoms with van der Waals surface area (Å²) in [6.45, 7) is 2.20. The number of nitrogens with one attached hydrogen (secondary N) is 2. The Kier molecular flexibility index (Phi) is 11.3. The van der Waals surface area contributed by atoms with Crippen molar-refractivity contribution in [1.82, 2.24) is 15.5 Å². The van der Waals surface area contributed by atoms with Gasteiger partial charge in [0.25, 0.3) is 11.8 Å². The highest BCUT2D eigenvalue weighted by atomic mass is 19.4. The number of likely N-dealkylation sites (tertiary alicyclic amines) is 1. The molecule has 1 fully saturated rings. The van der Waals surface area contributed by atoms with E-state index in [2.05, 4.69) is 10.2 Å². The molecule has 1 aliphatic rings. The quantitative estimate of drug-likeness (QED) is 0.198. The zero-order valence-electron chi connectivity index (χ0n) is 24.1. The second-order valence-electron chi connectivity index (χ2n) is 10.6. The standard InChI is InChI=1S/C25H22F19N3O2/c1-2-47-9-3-4-14(47)11-45-15(48)13-7-5-12(6-8-13)10-46-16(49)17(26,27)18(28,29)19(30,31)20(32,33)21(34,35)22(36,37)23(38,39)24(40,41)25(42,43)44/h5-8,14H,2-4,9-11H2,1H3,(H,45,48)(H,46,49). The average Bonchev–Trinajstić information content (AvgIpc) is 3.45. The van der Waals surface area contributed by atoms with Gasteiger partial charge in [0.15, 0.2) is 0 Å². The predicted octanol–water partition coefficient (Wildman–Crippen LogP) is 7.16. The van der Waals surface area contributed by atoms with Crippen molar-refractivity contribution in [3.63, 3.8) is 0 Å². The van der Waals surface area contributed by atoms with Crippen molar-refractivity contribution < 1.29 is 93.0 Å². The number of hydrogen-bond acceptors (Lipinski definition) is 3. The van der Waals surface area contributed by atoms with Gasteiger partial charge in [-0.25, -0.2) is 0 Å². The third-order valence-electron chi connectivity index (χ3n) is 7.47. The minimum absolute atomic E-state index is 0.0124. The number of carbonyl (C=O) groups excluding carboxylic acids is 2. The molecule has 0 bridgehead atoms. The number of alkyl halides is 19. The summed E-state index contributed by atoms with van der Waals surface area (Å²) in [4.78, 5) is 26.1. The molecule has 24 heteroatoms. The van der Waals surface area contributed by atoms with Crippen molar-refractivity contribution in [2.45, 2.75) is 85.9 Å². The van der Waals surface area contributed by atoms with Gasteiger partial charge in [-0.15, -0.1) is 0 Å². The molecule has 0 spiro atoms. The first-order valence-electron chi connectivity index (χ1n) is 13.3. The van der Waals surface area contributed by atoms with Crippen molar-refractivity contribution >= 4 is 11.8 Å². The number of carbonyl (C=O) groups is 2. The molecule has 2 amide bonds. The number of nitrogens with zero attached hydrogens (tertiary/aromatic N) is 1. The number of amides is 2. The van der Waals surface area contributed by atoms with Crippen LogP contribution in [0.5, 0.6) is 0 Å². The highest BCUT2D eigenvalue weighted by Crippen LogP contribution is 2.65. The lowest BCUT2D eigenvalue weighted by Gasteiger charge is -2.43. The second-order valence-corrected chi connectivity index (χ2v) is 10.6. The van der Waals surface area contributed by atoms with Crippen LogP contribution < -0.4 is 10.6 Å². The third-order valence-corrected chi connectivity index (χ3v) is 7.47. The van der Waals surface area contributed by atoms with Gasteiger partial charge < -0.3 is 10.6 Å². The Hall–Kier alpha value is -3.21. The first-order chi connectivity index (χ1) is 21.8. The lowest BCUT2D eigenvalue weighted by Crippen LogP contribution is -2.76. The Morgan fingerprint density at radius 3 is 1.51 bits per heavy atom. The van der Waals surface area contributed by atoms with Crippen LogP contribution in [0.1, 0.15) is 35.7 Å². The van der Waals surface area contributed by atoms with Crippen molar-refractivity contribution in [3.05, 3.63) is 35.4 Å². The largest absolute Gasteiger partial charge is 0.460 e. The molecular weight excluding hydrogens is 735 g/mol. The SMILES string of the molecule is CCN1CCCC1CNC(=O)c1ccc(CNC(=O)C(F)(F)C(F)(F)C(F)(F)C(F)(F)C(F)(F)C(F)(F)C(F)(F)C(F)(F)C(F)(F)F)cc1. The van der Waals surface area contributed by atoms with Crippen LogP contribution in [0, 0.1) is 0 Å². The summed E-state index contributed by atoms with van der Waals surface area (Å²) in [5.41, 5.74) is -0.487. The molecule has 1 aromatic rings. The van der Waals surface area contributed by atoms with Crippen LogP contribution in [0.15, 0.2) is 24.3 Å². The van der Waals surface area contributed by atoms with E-state index in [0.717, 1.165) is 49.0 Å². The summed E-state index contributed by atoms with van der Waals surface area (Å²) in [6, 6.07) is 3.69. The van der Waals surface area contributed by atoms with E-state index in [0.29, 0.717) is 6.54 Å². The van der Waals surface area contributed by atoms with E-state index in [-0.39, 0.29) is 18.2 Å². The van der Waals surface area contributed by atoms with E-state index in [1.54, 1.807) is 0 Å². The first kappa shape index (κ1) is 42.0. The zero-order valence-corrected chi connectivity index (χ0v) is 24.1. The Labute approximate surface area is 262 Å². The Morgan fingerprint density at radius 1 is 0.653 bits per heavy atom. The minimum atomic E-state index is -9.07. The molecule has 2 N–H and O–H groups in total. The predicted molar refractivity (Wildman–Crippen MR) is 127 cm³/mol. The summed E-state index contributed by atoms with van der Waals surface area (Å²) in [5.74, 6) is -73.0. The Morgan fingerprint density at radius 2 is 1.08 bits per heavy atom. The van der Waals surface area contributed by atoms with Crippen LogP contribution in [0.3, 0.4) is 0 Å². The van der Waals surface area contributed by atoms with E-state index < -0.39 is 77.5 Å². The molecule has 1 saturated heterocycles. The average molecular weight is 757 g/mol. The summed E-state index contributed by atoms with van der Waals surface area (Å²) in [7, 11) is 0. The fourth-order valence-corrected chi connectivity index (χ4v) is 4.43. The van der Waals surface area contributed by atoms with E-state index in [1.807, 2.05) is 6.92 Å². The molecule has 0 aliphatic carbocycles. The molecule has 282 valence electrons. The normalized spacial score (nSPS) is 18.1. The van der Waals surface area contributed by atoms with Gasteiger partial charge in [0, 0.05) is 24.7 Å². The first-order valence-corrected chi connectivity index (χ1v) is 13.3. The lowest BCUT2D eigenvalue weighted by molar-refractivity contribution is -0.467. The van der Waals surface area contributed by atoms with Gasteiger partial charge in [-0.3, -0.25) is 14.5 Å². The molecule has 1 aliphatic heterocycles. The van der Waals surface area contributed by atoms with Gasteiger partial charge in [0.05, 0.1) is 0 Å². The summed E-state index contributed by atoms with van der Waals surface area (Å²) < 4.78 is 256. The van der Waals surface area contributed by atoms with E-state index in [4.69, 9.17) is 0 Å². The van der Waals surface area contributed by atoms with E-state index in [1.165, 1.54) is 0 Å². The fraction of sp³-hybridized carbons (Fsp3) is 0.680. The third kappa shape index (κ3) is 6.68. The monoisotopic (exact) mass is 757 g/mol. The van der Waals surface area contributed by atoms with Crippen LogP contribution in [-0.2, 0) is 11.3 Å². The smallest absolute Gasteiger partial charge is 0.350 e. The van der Waals surface area contributed by atoms with Gasteiger partial charge in [-0.05, 0) is 43.6 Å². The molecule has 1 aromatic carbocycles. The number of halogens is 19. The van der Waals surface area contributed by atoms with Gasteiger partial charge in [0.1, 0.15) is 0 Å². The van der Waals surface area contributed by atoms with Crippen molar-refractivity contribution in [3.8, 4) is 0 Å². The summed E-state index contributed by atoms with van der Waals surface area (Å²) >= 11 is 0. The maximum Gasteiger partial charge on any atom is 0.460 e. The van der Waals surface area contributed by atoms with Gasteiger partial charge in [-0.1, -0.05) is 19.1 Å². The molecule has 1 atom stereocenters. The summed E-state index contributed by atoms with van der Waals surface area (Å²) in [5, 5.41) is 3.37. The maximum absolute atomic E-state index is 14.1. The van der Waals surface area contributed by atoms with Crippen LogP contribution in [0.25, 0.3) is 0 Å². The molecule has 0 radical (unpaired) electrons. The molecule has 0 saturated carbocycles.